The molecule has 0 bridgehead atoms. The highest BCUT2D eigenvalue weighted by atomic mass is 16.5. The third-order valence-corrected chi connectivity index (χ3v) is 4.62. The molecule has 1 aromatic carbocycles. The molecule has 1 aliphatic heterocycles. The van der Waals surface area contributed by atoms with Gasteiger partial charge in [0.15, 0.2) is 0 Å². The predicted octanol–water partition coefficient (Wildman–Crippen LogP) is 1.73. The van der Waals surface area contributed by atoms with E-state index in [4.69, 9.17) is 10.5 Å². The molecule has 0 saturated carbocycles. The van der Waals surface area contributed by atoms with Crippen molar-refractivity contribution in [2.24, 2.45) is 5.73 Å². The van der Waals surface area contributed by atoms with Crippen molar-refractivity contribution in [3.05, 3.63) is 42.1 Å². The number of carbonyl (C=O) groups is 2. The van der Waals surface area contributed by atoms with Crippen molar-refractivity contribution < 1.29 is 14.3 Å². The van der Waals surface area contributed by atoms with Crippen LogP contribution in [-0.2, 0) is 9.53 Å². The van der Waals surface area contributed by atoms with Crippen LogP contribution < -0.4 is 5.73 Å². The second kappa shape index (κ2) is 6.57. The van der Waals surface area contributed by atoms with Crippen LogP contribution in [0.5, 0.6) is 0 Å². The number of ether oxygens (including phenoxy) is 1. The minimum atomic E-state index is -0.672. The summed E-state index contributed by atoms with van der Waals surface area (Å²) < 4.78 is 5.32. The number of fused-ring (bicyclic) bond motifs is 1. The number of benzene rings is 1. The normalized spacial score (nSPS) is 20.5. The van der Waals surface area contributed by atoms with Crippen LogP contribution >= 0.6 is 0 Å². The first-order valence-corrected chi connectivity index (χ1v) is 8.00. The molecule has 1 atom stereocenters. The van der Waals surface area contributed by atoms with E-state index in [0.29, 0.717) is 30.7 Å². The molecular formula is C18H21N3O3. The van der Waals surface area contributed by atoms with Crippen molar-refractivity contribution in [3.8, 4) is 0 Å². The lowest BCUT2D eigenvalue weighted by molar-refractivity contribution is -0.121. The highest BCUT2D eigenvalue weighted by Gasteiger charge is 2.45. The number of amides is 2. The average molecular weight is 327 g/mol. The number of para-hydroxylation sites is 1. The molecule has 1 aliphatic rings. The Morgan fingerprint density at radius 2 is 2.12 bits per heavy atom. The van der Waals surface area contributed by atoms with E-state index < -0.39 is 11.4 Å². The molecule has 6 heteroatoms. The van der Waals surface area contributed by atoms with Crippen molar-refractivity contribution in [1.82, 2.24) is 9.88 Å². The lowest BCUT2D eigenvalue weighted by Gasteiger charge is -2.37. The van der Waals surface area contributed by atoms with Gasteiger partial charge < -0.3 is 15.4 Å². The van der Waals surface area contributed by atoms with Gasteiger partial charge >= 0.3 is 0 Å². The third kappa shape index (κ3) is 2.85. The number of nitrogens with zero attached hydrogens (tertiary/aromatic N) is 2. The van der Waals surface area contributed by atoms with Crippen LogP contribution in [-0.4, -0.2) is 47.5 Å². The number of aromatic nitrogens is 1. The zero-order valence-electron chi connectivity index (χ0n) is 13.7. The molecule has 0 radical (unpaired) electrons. The second-order valence-corrected chi connectivity index (χ2v) is 6.24. The van der Waals surface area contributed by atoms with E-state index >= 15 is 0 Å². The third-order valence-electron chi connectivity index (χ3n) is 4.62. The predicted molar refractivity (Wildman–Crippen MR) is 90.4 cm³/mol. The topological polar surface area (TPSA) is 85.5 Å². The van der Waals surface area contributed by atoms with Gasteiger partial charge in [-0.05, 0) is 25.0 Å². The van der Waals surface area contributed by atoms with Crippen molar-refractivity contribution in [3.63, 3.8) is 0 Å². The van der Waals surface area contributed by atoms with Crippen molar-refractivity contribution in [2.45, 2.75) is 24.8 Å². The van der Waals surface area contributed by atoms with Gasteiger partial charge in [0.1, 0.15) is 0 Å². The van der Waals surface area contributed by atoms with Gasteiger partial charge in [-0.15, -0.1) is 0 Å². The van der Waals surface area contributed by atoms with Crippen LogP contribution in [0.15, 0.2) is 36.5 Å². The van der Waals surface area contributed by atoms with E-state index in [-0.39, 0.29) is 12.3 Å². The van der Waals surface area contributed by atoms with Gasteiger partial charge in [0, 0.05) is 25.2 Å². The van der Waals surface area contributed by atoms with Crippen LogP contribution in [0.4, 0.5) is 0 Å². The number of pyridine rings is 1. The Morgan fingerprint density at radius 3 is 2.88 bits per heavy atom. The monoisotopic (exact) mass is 327 g/mol. The first kappa shape index (κ1) is 16.4. The Labute approximate surface area is 140 Å². The number of primary amides is 1. The maximum Gasteiger partial charge on any atom is 0.256 e. The van der Waals surface area contributed by atoms with Gasteiger partial charge in [-0.2, -0.15) is 0 Å². The van der Waals surface area contributed by atoms with E-state index in [2.05, 4.69) is 4.98 Å². The number of nitrogens with two attached hydrogens (primary N) is 1. The quantitative estimate of drug-likeness (QED) is 0.906. The minimum Gasteiger partial charge on any atom is -0.382 e. The van der Waals surface area contributed by atoms with E-state index in [1.807, 2.05) is 24.3 Å². The van der Waals surface area contributed by atoms with E-state index in [0.717, 1.165) is 11.8 Å². The van der Waals surface area contributed by atoms with E-state index in [9.17, 15) is 9.59 Å². The Hall–Kier alpha value is -2.47. The summed E-state index contributed by atoms with van der Waals surface area (Å²) in [7, 11) is 1.57. The lowest BCUT2D eigenvalue weighted by Crippen LogP contribution is -2.52. The molecule has 0 spiro atoms. The Kier molecular flexibility index (Phi) is 4.49. The molecule has 2 aromatic rings. The van der Waals surface area contributed by atoms with Gasteiger partial charge in [0.2, 0.25) is 5.91 Å². The van der Waals surface area contributed by atoms with Crippen molar-refractivity contribution >= 4 is 22.7 Å². The molecule has 2 amide bonds. The Morgan fingerprint density at radius 1 is 1.33 bits per heavy atom. The molecular weight excluding hydrogens is 306 g/mol. The molecule has 3 rings (SSSR count). The van der Waals surface area contributed by atoms with E-state index in [1.165, 1.54) is 0 Å². The highest BCUT2D eigenvalue weighted by Crippen LogP contribution is 2.35. The van der Waals surface area contributed by atoms with Crippen LogP contribution in [0.2, 0.25) is 0 Å². The molecule has 2 heterocycles. The molecule has 2 N–H and O–H groups in total. The smallest absolute Gasteiger partial charge is 0.256 e. The summed E-state index contributed by atoms with van der Waals surface area (Å²) in [5, 5.41) is 0.912. The molecule has 6 nitrogen and oxygen atoms in total. The molecule has 0 aliphatic carbocycles. The van der Waals surface area contributed by atoms with Gasteiger partial charge in [-0.1, -0.05) is 18.2 Å². The molecule has 24 heavy (non-hydrogen) atoms. The second-order valence-electron chi connectivity index (χ2n) is 6.24. The van der Waals surface area contributed by atoms with Crippen LogP contribution in [0.25, 0.3) is 10.9 Å². The summed E-state index contributed by atoms with van der Waals surface area (Å²) in [5.41, 5.74) is 5.97. The first-order chi connectivity index (χ1) is 11.6. The minimum absolute atomic E-state index is 0.102. The summed E-state index contributed by atoms with van der Waals surface area (Å²) in [5.74, 6) is -0.558. The number of methoxy groups -OCH3 is 1. The van der Waals surface area contributed by atoms with Gasteiger partial charge in [0.05, 0.1) is 29.6 Å². The standard InChI is InChI=1S/C18H21N3O3/c1-24-12-18(11-15(19)22)8-4-10-21(18)17(23)14-7-2-5-13-6-3-9-20-16(13)14/h2-3,5-7,9H,4,8,10-12H2,1H3,(H2,19,22)/t18-/m0/s1. The largest absolute Gasteiger partial charge is 0.382 e. The fourth-order valence-corrected chi connectivity index (χ4v) is 3.66. The summed E-state index contributed by atoms with van der Waals surface area (Å²) in [6.45, 7) is 0.874. The van der Waals surface area contributed by atoms with Crippen molar-refractivity contribution in [1.29, 1.82) is 0 Å². The molecule has 0 unspecified atom stereocenters. The fourth-order valence-electron chi connectivity index (χ4n) is 3.66. The van der Waals surface area contributed by atoms with Gasteiger partial charge in [0.25, 0.3) is 5.91 Å². The van der Waals surface area contributed by atoms with Gasteiger partial charge in [-0.25, -0.2) is 0 Å². The van der Waals surface area contributed by atoms with Crippen LogP contribution in [0.1, 0.15) is 29.6 Å². The average Bonchev–Trinajstić information content (AvgIpc) is 2.96. The number of hydrogen-bond donors (Lipinski definition) is 1. The fraction of sp³-hybridized carbons (Fsp3) is 0.389. The molecule has 1 saturated heterocycles. The maximum absolute atomic E-state index is 13.2. The van der Waals surface area contributed by atoms with E-state index in [1.54, 1.807) is 24.3 Å². The number of rotatable bonds is 5. The number of likely N-dealkylation sites (tertiary alicyclic amines) is 1. The SMILES string of the molecule is COC[C@@]1(CC(N)=O)CCCN1C(=O)c1cccc2cccnc12. The maximum atomic E-state index is 13.2. The summed E-state index contributed by atoms with van der Waals surface area (Å²) in [6, 6.07) is 9.32. The lowest BCUT2D eigenvalue weighted by atomic mass is 9.91. The summed E-state index contributed by atoms with van der Waals surface area (Å²) in [4.78, 5) is 30.9. The molecule has 1 fully saturated rings. The number of hydrogen-bond acceptors (Lipinski definition) is 4. The highest BCUT2D eigenvalue weighted by molar-refractivity contribution is 6.06. The molecule has 126 valence electrons. The molecule has 1 aromatic heterocycles. The first-order valence-electron chi connectivity index (χ1n) is 8.00. The summed E-state index contributed by atoms with van der Waals surface area (Å²) >= 11 is 0. The number of carbonyl (C=O) groups excluding carboxylic acids is 2. The Bertz CT molecular complexity index is 772. The summed E-state index contributed by atoms with van der Waals surface area (Å²) in [6.07, 6.45) is 3.30. The zero-order chi connectivity index (χ0) is 17.2. The van der Waals surface area contributed by atoms with Gasteiger partial charge in [-0.3, -0.25) is 14.6 Å². The zero-order valence-corrected chi connectivity index (χ0v) is 13.7. The van der Waals surface area contributed by atoms with Crippen LogP contribution in [0.3, 0.4) is 0 Å². The van der Waals surface area contributed by atoms with Crippen LogP contribution in [0, 0.1) is 0 Å². The Balaban J connectivity index is 2.02. The van der Waals surface area contributed by atoms with Crippen molar-refractivity contribution in [2.75, 3.05) is 20.3 Å².